The van der Waals surface area contributed by atoms with E-state index in [1.807, 2.05) is 29.6 Å². The molecule has 0 aliphatic carbocycles. The summed E-state index contributed by atoms with van der Waals surface area (Å²) >= 11 is 3.16. The molecule has 0 saturated heterocycles. The van der Waals surface area contributed by atoms with E-state index in [2.05, 4.69) is 28.6 Å². The third kappa shape index (κ3) is 2.59. The van der Waals surface area contributed by atoms with Crippen molar-refractivity contribution in [3.8, 4) is 0 Å². The first-order valence-electron chi connectivity index (χ1n) is 6.46. The third-order valence-corrected chi connectivity index (χ3v) is 4.97. The fraction of sp³-hybridized carbons (Fsp3) is 0.200. The highest BCUT2D eigenvalue weighted by atomic mass is 32.1. The van der Waals surface area contributed by atoms with Crippen LogP contribution in [-0.4, -0.2) is 10.5 Å². The van der Waals surface area contributed by atoms with Crippen LogP contribution in [0.4, 0.5) is 0 Å². The van der Waals surface area contributed by atoms with Gasteiger partial charge in [0.1, 0.15) is 0 Å². The Hall–Kier alpha value is -1.72. The molecular formula is C15H14N2OS2. The number of thiophene rings is 1. The number of hydrogen-bond acceptors (Lipinski definition) is 3. The number of para-hydroxylation sites is 1. The van der Waals surface area contributed by atoms with Gasteiger partial charge in [0, 0.05) is 11.4 Å². The Morgan fingerprint density at radius 2 is 2.10 bits per heavy atom. The summed E-state index contributed by atoms with van der Waals surface area (Å²) in [5.41, 5.74) is 1.14. The Balaban J connectivity index is 2.00. The molecule has 5 heteroatoms. The molecule has 2 aromatic heterocycles. The average molecular weight is 302 g/mol. The summed E-state index contributed by atoms with van der Waals surface area (Å²) in [4.78, 5) is 18.2. The molecular weight excluding hydrogens is 288 g/mol. The van der Waals surface area contributed by atoms with Crippen LogP contribution in [0.2, 0.25) is 0 Å². The van der Waals surface area contributed by atoms with E-state index in [1.165, 1.54) is 0 Å². The van der Waals surface area contributed by atoms with E-state index in [4.69, 9.17) is 0 Å². The highest BCUT2D eigenvalue weighted by molar-refractivity contribution is 7.16. The normalized spacial score (nSPS) is 12.2. The van der Waals surface area contributed by atoms with Crippen LogP contribution in [-0.2, 0) is 17.8 Å². The van der Waals surface area contributed by atoms with Gasteiger partial charge in [0.25, 0.3) is 5.91 Å². The van der Waals surface area contributed by atoms with Gasteiger partial charge in [0.2, 0.25) is 0 Å². The number of carbonyl (C=O) groups is 1. The minimum absolute atomic E-state index is 0.0822. The van der Waals surface area contributed by atoms with Crippen molar-refractivity contribution in [3.63, 3.8) is 0 Å². The smallest absolute Gasteiger partial charge is 0.253 e. The molecule has 102 valence electrons. The molecule has 3 nitrogen and oxygen atoms in total. The van der Waals surface area contributed by atoms with Crippen LogP contribution < -0.4 is 4.80 Å². The Morgan fingerprint density at radius 1 is 1.25 bits per heavy atom. The van der Waals surface area contributed by atoms with Crippen molar-refractivity contribution in [3.05, 3.63) is 51.5 Å². The Morgan fingerprint density at radius 3 is 2.85 bits per heavy atom. The van der Waals surface area contributed by atoms with Crippen molar-refractivity contribution in [2.75, 3.05) is 0 Å². The second-order valence-electron chi connectivity index (χ2n) is 4.36. The van der Waals surface area contributed by atoms with Crippen LogP contribution >= 0.6 is 22.7 Å². The topological polar surface area (TPSA) is 34.4 Å². The van der Waals surface area contributed by atoms with E-state index < -0.39 is 0 Å². The van der Waals surface area contributed by atoms with Crippen LogP contribution in [0.1, 0.15) is 11.8 Å². The van der Waals surface area contributed by atoms with Gasteiger partial charge in [-0.3, -0.25) is 4.79 Å². The standard InChI is InChI=1S/C15H14N2OS2/c1-2-17-12-7-3-4-8-13(12)20-15(17)16-14(18)10-11-6-5-9-19-11/h3-9H,2,10H2,1H3. The van der Waals surface area contributed by atoms with E-state index in [1.54, 1.807) is 22.7 Å². The summed E-state index contributed by atoms with van der Waals surface area (Å²) < 4.78 is 3.25. The lowest BCUT2D eigenvalue weighted by Crippen LogP contribution is -2.16. The molecule has 0 spiro atoms. The van der Waals surface area contributed by atoms with E-state index in [0.29, 0.717) is 6.42 Å². The second-order valence-corrected chi connectivity index (χ2v) is 6.40. The van der Waals surface area contributed by atoms with Gasteiger partial charge >= 0.3 is 0 Å². The zero-order chi connectivity index (χ0) is 13.9. The van der Waals surface area contributed by atoms with Gasteiger partial charge in [-0.2, -0.15) is 4.99 Å². The van der Waals surface area contributed by atoms with Crippen LogP contribution in [0.25, 0.3) is 10.2 Å². The number of amides is 1. The lowest BCUT2D eigenvalue weighted by atomic mass is 10.3. The summed E-state index contributed by atoms with van der Waals surface area (Å²) in [6.45, 7) is 2.89. The number of aromatic nitrogens is 1. The lowest BCUT2D eigenvalue weighted by molar-refractivity contribution is -0.117. The highest BCUT2D eigenvalue weighted by Gasteiger charge is 2.07. The van der Waals surface area contributed by atoms with Crippen molar-refractivity contribution in [2.45, 2.75) is 19.9 Å². The molecule has 1 amide bonds. The minimum Gasteiger partial charge on any atom is -0.317 e. The zero-order valence-electron chi connectivity index (χ0n) is 11.1. The van der Waals surface area contributed by atoms with Crippen LogP contribution in [0, 0.1) is 0 Å². The average Bonchev–Trinajstić information content (AvgIpc) is 3.05. The van der Waals surface area contributed by atoms with Gasteiger partial charge in [-0.25, -0.2) is 0 Å². The van der Waals surface area contributed by atoms with Crippen molar-refractivity contribution in [1.29, 1.82) is 0 Å². The predicted octanol–water partition coefficient (Wildman–Crippen LogP) is 3.45. The lowest BCUT2D eigenvalue weighted by Gasteiger charge is -1.99. The molecule has 0 aliphatic rings. The zero-order valence-corrected chi connectivity index (χ0v) is 12.7. The first-order valence-corrected chi connectivity index (χ1v) is 8.16. The minimum atomic E-state index is -0.0822. The highest BCUT2D eigenvalue weighted by Crippen LogP contribution is 2.16. The van der Waals surface area contributed by atoms with Crippen LogP contribution in [0.5, 0.6) is 0 Å². The summed E-state index contributed by atoms with van der Waals surface area (Å²) in [5, 5.41) is 1.98. The number of hydrogen-bond donors (Lipinski definition) is 0. The number of nitrogens with zero attached hydrogens (tertiary/aromatic N) is 2. The van der Waals surface area contributed by atoms with E-state index in [-0.39, 0.29) is 5.91 Å². The van der Waals surface area contributed by atoms with Gasteiger partial charge in [0.15, 0.2) is 4.80 Å². The number of rotatable bonds is 3. The number of fused-ring (bicyclic) bond motifs is 1. The maximum absolute atomic E-state index is 12.1. The molecule has 0 unspecified atom stereocenters. The Labute approximate surface area is 124 Å². The van der Waals surface area contributed by atoms with Gasteiger partial charge in [-0.15, -0.1) is 11.3 Å². The third-order valence-electron chi connectivity index (χ3n) is 3.03. The molecule has 2 heterocycles. The molecule has 20 heavy (non-hydrogen) atoms. The second kappa shape index (κ2) is 5.73. The molecule has 0 N–H and O–H groups in total. The summed E-state index contributed by atoms with van der Waals surface area (Å²) in [6, 6.07) is 12.1. The molecule has 0 saturated carbocycles. The number of benzene rings is 1. The molecule has 1 aromatic carbocycles. The van der Waals surface area contributed by atoms with Gasteiger partial charge in [-0.1, -0.05) is 29.5 Å². The van der Waals surface area contributed by atoms with Gasteiger partial charge in [-0.05, 0) is 30.5 Å². The maximum Gasteiger partial charge on any atom is 0.253 e. The fourth-order valence-electron chi connectivity index (χ4n) is 2.12. The summed E-state index contributed by atoms with van der Waals surface area (Å²) in [5.74, 6) is -0.0822. The molecule has 0 fully saturated rings. The largest absolute Gasteiger partial charge is 0.317 e. The maximum atomic E-state index is 12.1. The summed E-state index contributed by atoms with van der Waals surface area (Å²) in [7, 11) is 0. The van der Waals surface area contributed by atoms with Crippen molar-refractivity contribution in [1.82, 2.24) is 4.57 Å². The van der Waals surface area contributed by atoms with Crippen LogP contribution in [0.3, 0.4) is 0 Å². The first kappa shape index (κ1) is 13.3. The molecule has 3 rings (SSSR count). The van der Waals surface area contributed by atoms with Crippen molar-refractivity contribution < 1.29 is 4.79 Å². The van der Waals surface area contributed by atoms with E-state index in [0.717, 1.165) is 26.4 Å². The number of carbonyl (C=O) groups excluding carboxylic acids is 1. The number of aryl methyl sites for hydroxylation is 1. The molecule has 0 aliphatic heterocycles. The molecule has 0 atom stereocenters. The fourth-order valence-corrected chi connectivity index (χ4v) is 3.93. The van der Waals surface area contributed by atoms with Crippen molar-refractivity contribution in [2.24, 2.45) is 4.99 Å². The quantitative estimate of drug-likeness (QED) is 0.729. The van der Waals surface area contributed by atoms with Crippen molar-refractivity contribution >= 4 is 38.8 Å². The Kier molecular flexibility index (Phi) is 3.80. The predicted molar refractivity (Wildman–Crippen MR) is 84.1 cm³/mol. The van der Waals surface area contributed by atoms with Gasteiger partial charge < -0.3 is 4.57 Å². The Bertz CT molecular complexity index is 797. The van der Waals surface area contributed by atoms with E-state index in [9.17, 15) is 4.79 Å². The monoisotopic (exact) mass is 302 g/mol. The summed E-state index contributed by atoms with van der Waals surface area (Å²) in [6.07, 6.45) is 0.385. The number of thiazole rings is 1. The van der Waals surface area contributed by atoms with E-state index >= 15 is 0 Å². The molecule has 0 bridgehead atoms. The first-order chi connectivity index (χ1) is 9.78. The SMILES string of the molecule is CCn1c(=NC(=O)Cc2cccs2)sc2ccccc21. The molecule has 3 aromatic rings. The van der Waals surface area contributed by atoms with Gasteiger partial charge in [0.05, 0.1) is 16.6 Å². The van der Waals surface area contributed by atoms with Crippen LogP contribution in [0.15, 0.2) is 46.8 Å². The molecule has 0 radical (unpaired) electrons.